The first kappa shape index (κ1) is 26.5. The molecule has 0 atom stereocenters. The number of hydrogen-bond acceptors (Lipinski definition) is 1. The number of anilines is 1. The summed E-state index contributed by atoms with van der Waals surface area (Å²) in [5.74, 6) is 0. The maximum Gasteiger partial charge on any atom is 0.0361 e. The average Bonchev–Trinajstić information content (AvgIpc) is 2.95. The molecule has 0 amide bonds. The van der Waals surface area contributed by atoms with Crippen LogP contribution in [0.4, 0.5) is 5.69 Å². The predicted molar refractivity (Wildman–Crippen MR) is 169 cm³/mol. The SMILES string of the molecule is CN(C)c1ccc(CCCCCCCCCCCCCc2ccc3ccc4cccc5ccc2c3c45)cc1. The zero-order valence-electron chi connectivity index (χ0n) is 23.6. The van der Waals surface area contributed by atoms with E-state index < -0.39 is 0 Å². The van der Waals surface area contributed by atoms with Gasteiger partial charge < -0.3 is 4.90 Å². The van der Waals surface area contributed by atoms with Crippen LogP contribution < -0.4 is 4.90 Å². The lowest BCUT2D eigenvalue weighted by molar-refractivity contribution is 0.545. The van der Waals surface area contributed by atoms with Gasteiger partial charge in [0.1, 0.15) is 0 Å². The van der Waals surface area contributed by atoms with E-state index in [1.807, 2.05) is 0 Å². The van der Waals surface area contributed by atoms with Crippen LogP contribution in [0.2, 0.25) is 0 Å². The molecule has 0 bridgehead atoms. The first-order valence-corrected chi connectivity index (χ1v) is 15.1. The second-order valence-corrected chi connectivity index (χ2v) is 11.5. The summed E-state index contributed by atoms with van der Waals surface area (Å²) in [7, 11) is 4.20. The van der Waals surface area contributed by atoms with Gasteiger partial charge in [-0.25, -0.2) is 0 Å². The molecule has 5 rings (SSSR count). The van der Waals surface area contributed by atoms with Crippen LogP contribution in [0.25, 0.3) is 32.3 Å². The summed E-state index contributed by atoms with van der Waals surface area (Å²) in [5.41, 5.74) is 4.30. The Kier molecular flexibility index (Phi) is 9.18. The van der Waals surface area contributed by atoms with Crippen molar-refractivity contribution in [3.05, 3.63) is 90.0 Å². The summed E-state index contributed by atoms with van der Waals surface area (Å²) in [6.07, 6.45) is 17.6. The Morgan fingerprint density at radius 3 is 1.55 bits per heavy atom. The highest BCUT2D eigenvalue weighted by atomic mass is 15.1. The molecule has 0 fully saturated rings. The Balaban J connectivity index is 0.936. The minimum atomic E-state index is 1.20. The Bertz CT molecular complexity index is 1400. The van der Waals surface area contributed by atoms with Gasteiger partial charge in [0.15, 0.2) is 0 Å². The summed E-state index contributed by atoms with van der Waals surface area (Å²) in [6, 6.07) is 29.7. The van der Waals surface area contributed by atoms with Crippen LogP contribution in [-0.4, -0.2) is 14.1 Å². The fraction of sp³-hybridized carbons (Fsp3) is 0.405. The molecule has 0 saturated carbocycles. The van der Waals surface area contributed by atoms with E-state index >= 15 is 0 Å². The van der Waals surface area contributed by atoms with Gasteiger partial charge in [0.25, 0.3) is 0 Å². The van der Waals surface area contributed by atoms with E-state index in [4.69, 9.17) is 0 Å². The third kappa shape index (κ3) is 6.49. The van der Waals surface area contributed by atoms with Crippen molar-refractivity contribution >= 4 is 38.0 Å². The van der Waals surface area contributed by atoms with Gasteiger partial charge in [0, 0.05) is 19.8 Å². The number of hydrogen-bond donors (Lipinski definition) is 0. The molecule has 5 aromatic rings. The Morgan fingerprint density at radius 2 is 0.947 bits per heavy atom. The van der Waals surface area contributed by atoms with Gasteiger partial charge in [-0.15, -0.1) is 0 Å². The number of rotatable bonds is 15. The topological polar surface area (TPSA) is 3.24 Å². The molecule has 0 saturated heterocycles. The highest BCUT2D eigenvalue weighted by Crippen LogP contribution is 2.36. The smallest absolute Gasteiger partial charge is 0.0361 e. The van der Waals surface area contributed by atoms with Crippen LogP contribution in [0.3, 0.4) is 0 Å². The molecule has 0 radical (unpaired) electrons. The third-order valence-electron chi connectivity index (χ3n) is 8.48. The lowest BCUT2D eigenvalue weighted by Crippen LogP contribution is -2.08. The van der Waals surface area contributed by atoms with Crippen molar-refractivity contribution in [2.75, 3.05) is 19.0 Å². The molecule has 0 N–H and O–H groups in total. The van der Waals surface area contributed by atoms with Crippen LogP contribution in [0.5, 0.6) is 0 Å². The minimum Gasteiger partial charge on any atom is -0.378 e. The second kappa shape index (κ2) is 13.1. The van der Waals surface area contributed by atoms with Crippen molar-refractivity contribution in [2.45, 2.75) is 83.5 Å². The van der Waals surface area contributed by atoms with Crippen molar-refractivity contribution < 1.29 is 0 Å². The standard InChI is InChI=1S/C37H45N/c1-38(2)34-26-19-29(20-27-34)15-12-10-8-6-4-3-5-7-9-11-13-16-30-21-22-33-24-23-31-17-14-18-32-25-28-35(30)37(33)36(31)32/h14,17-28H,3-13,15-16H2,1-2H3. The molecule has 1 heteroatoms. The van der Waals surface area contributed by atoms with Crippen molar-refractivity contribution in [3.63, 3.8) is 0 Å². The first-order valence-electron chi connectivity index (χ1n) is 15.1. The molecule has 0 spiro atoms. The van der Waals surface area contributed by atoms with Crippen LogP contribution in [0, 0.1) is 0 Å². The molecular formula is C37H45N. The Hall–Kier alpha value is -3.06. The normalized spacial score (nSPS) is 11.7. The zero-order chi connectivity index (χ0) is 26.2. The molecule has 1 nitrogen and oxygen atoms in total. The Labute approximate surface area is 230 Å². The van der Waals surface area contributed by atoms with Crippen molar-refractivity contribution in [1.29, 1.82) is 0 Å². The number of nitrogens with zero attached hydrogens (tertiary/aromatic N) is 1. The summed E-state index contributed by atoms with van der Waals surface area (Å²) in [5, 5.41) is 8.49. The van der Waals surface area contributed by atoms with Gasteiger partial charge in [-0.05, 0) is 81.3 Å². The molecule has 0 aliphatic carbocycles. The van der Waals surface area contributed by atoms with E-state index in [-0.39, 0.29) is 0 Å². The van der Waals surface area contributed by atoms with Gasteiger partial charge in [-0.2, -0.15) is 0 Å². The second-order valence-electron chi connectivity index (χ2n) is 11.5. The number of aryl methyl sites for hydroxylation is 2. The van der Waals surface area contributed by atoms with E-state index in [0.717, 1.165) is 0 Å². The molecule has 38 heavy (non-hydrogen) atoms. The molecular weight excluding hydrogens is 458 g/mol. The van der Waals surface area contributed by atoms with Crippen molar-refractivity contribution in [1.82, 2.24) is 0 Å². The van der Waals surface area contributed by atoms with Gasteiger partial charge in [0.05, 0.1) is 0 Å². The van der Waals surface area contributed by atoms with Crippen LogP contribution in [0.1, 0.15) is 81.8 Å². The molecule has 0 heterocycles. The molecule has 0 aliphatic heterocycles. The largest absolute Gasteiger partial charge is 0.378 e. The highest BCUT2D eigenvalue weighted by Gasteiger charge is 2.10. The summed E-state index contributed by atoms with van der Waals surface area (Å²) in [4.78, 5) is 2.17. The minimum absolute atomic E-state index is 1.20. The van der Waals surface area contributed by atoms with E-state index in [1.165, 1.54) is 133 Å². The van der Waals surface area contributed by atoms with Gasteiger partial charge in [-0.1, -0.05) is 125 Å². The summed E-state index contributed by atoms with van der Waals surface area (Å²) >= 11 is 0. The molecule has 0 unspecified atom stereocenters. The summed E-state index contributed by atoms with van der Waals surface area (Å²) < 4.78 is 0. The van der Waals surface area contributed by atoms with E-state index in [9.17, 15) is 0 Å². The lowest BCUT2D eigenvalue weighted by atomic mass is 9.90. The van der Waals surface area contributed by atoms with Crippen LogP contribution >= 0.6 is 0 Å². The quantitative estimate of drug-likeness (QED) is 0.101. The monoisotopic (exact) mass is 503 g/mol. The maximum absolute atomic E-state index is 2.38. The molecule has 0 aliphatic rings. The highest BCUT2D eigenvalue weighted by molar-refractivity contribution is 6.23. The Morgan fingerprint density at radius 1 is 0.447 bits per heavy atom. The maximum atomic E-state index is 2.38. The fourth-order valence-electron chi connectivity index (χ4n) is 6.21. The first-order chi connectivity index (χ1) is 18.7. The molecule has 198 valence electrons. The van der Waals surface area contributed by atoms with E-state index in [1.54, 1.807) is 0 Å². The fourth-order valence-corrected chi connectivity index (χ4v) is 6.21. The van der Waals surface area contributed by atoms with Crippen LogP contribution in [0.15, 0.2) is 78.9 Å². The van der Waals surface area contributed by atoms with E-state index in [2.05, 4.69) is 97.9 Å². The lowest BCUT2D eigenvalue weighted by Gasteiger charge is -2.14. The molecule has 0 aromatic heterocycles. The van der Waals surface area contributed by atoms with Gasteiger partial charge in [0.2, 0.25) is 0 Å². The van der Waals surface area contributed by atoms with Crippen LogP contribution in [-0.2, 0) is 12.8 Å². The van der Waals surface area contributed by atoms with Crippen molar-refractivity contribution in [3.8, 4) is 0 Å². The average molecular weight is 504 g/mol. The van der Waals surface area contributed by atoms with E-state index in [0.29, 0.717) is 0 Å². The number of benzene rings is 5. The third-order valence-corrected chi connectivity index (χ3v) is 8.48. The summed E-state index contributed by atoms with van der Waals surface area (Å²) in [6.45, 7) is 0. The molecule has 5 aromatic carbocycles. The van der Waals surface area contributed by atoms with Gasteiger partial charge in [-0.3, -0.25) is 0 Å². The van der Waals surface area contributed by atoms with Gasteiger partial charge >= 0.3 is 0 Å². The van der Waals surface area contributed by atoms with Crippen molar-refractivity contribution in [2.24, 2.45) is 0 Å². The predicted octanol–water partition coefficient (Wildman–Crippen LogP) is 10.7. The zero-order valence-corrected chi connectivity index (χ0v) is 23.6. The number of unbranched alkanes of at least 4 members (excludes halogenated alkanes) is 10.